The molecule has 0 saturated heterocycles. The summed E-state index contributed by atoms with van der Waals surface area (Å²) in [5.74, 6) is 1.82. The molecule has 0 bridgehead atoms. The molecule has 0 amide bonds. The lowest BCUT2D eigenvalue weighted by atomic mass is 9.92. The van der Waals surface area contributed by atoms with E-state index in [1.807, 2.05) is 75.9 Å². The van der Waals surface area contributed by atoms with Crippen molar-refractivity contribution in [1.82, 2.24) is 19.1 Å². The van der Waals surface area contributed by atoms with Crippen molar-refractivity contribution >= 4 is 51.3 Å². The van der Waals surface area contributed by atoms with Gasteiger partial charge in [0.25, 0.3) is 6.33 Å². The number of imidazole rings is 1. The van der Waals surface area contributed by atoms with Gasteiger partial charge in [-0.15, -0.1) is 0 Å². The Labute approximate surface area is 449 Å². The molecule has 13 rings (SSSR count). The second-order valence-electron chi connectivity index (χ2n) is 19.1. The maximum Gasteiger partial charge on any atom is 0.271 e. The highest BCUT2D eigenvalue weighted by atomic mass is 28.3. The maximum absolute atomic E-state index is 8.67. The van der Waals surface area contributed by atoms with Crippen molar-refractivity contribution in [1.29, 1.82) is 0 Å². The number of aromatic nitrogens is 5. The Kier molecular flexibility index (Phi) is 9.40. The van der Waals surface area contributed by atoms with E-state index in [1.54, 1.807) is 12.3 Å². The Morgan fingerprint density at radius 3 is 1.92 bits per heavy atom. The van der Waals surface area contributed by atoms with Gasteiger partial charge in [-0.3, -0.25) is 18.7 Å². The molecule has 0 N–H and O–H groups in total. The summed E-state index contributed by atoms with van der Waals surface area (Å²) in [7, 11) is -2.45. The highest BCUT2D eigenvalue weighted by molar-refractivity contribution is 7.01. The summed E-state index contributed by atoms with van der Waals surface area (Å²) in [6.45, 7) is 2.07. The lowest BCUT2D eigenvalue weighted by Gasteiger charge is -2.29. The van der Waals surface area contributed by atoms with Crippen molar-refractivity contribution in [3.63, 3.8) is 0 Å². The molecular weight excluding hydrogens is 931 g/mol. The Morgan fingerprint density at radius 1 is 0.520 bits per heavy atom. The number of ether oxygens (including phenoxy) is 1. The van der Waals surface area contributed by atoms with E-state index in [-0.39, 0.29) is 22.5 Å². The molecule has 0 fully saturated rings. The van der Waals surface area contributed by atoms with Crippen LogP contribution in [0, 0.1) is 13.2 Å². The molecule has 75 heavy (non-hydrogen) atoms. The molecule has 0 aliphatic rings. The molecule has 0 saturated carbocycles. The molecule has 0 atom stereocenters. The van der Waals surface area contributed by atoms with Gasteiger partial charge in [-0.05, 0) is 105 Å². The van der Waals surface area contributed by atoms with E-state index in [1.165, 1.54) is 22.6 Å². The fourth-order valence-corrected chi connectivity index (χ4v) is 13.1. The number of fused-ring (bicyclic) bond motifs is 4. The highest BCUT2D eigenvalue weighted by Gasteiger charge is 2.32. The third-order valence-electron chi connectivity index (χ3n) is 14.2. The smallest absolute Gasteiger partial charge is 0.271 e. The van der Waals surface area contributed by atoms with Gasteiger partial charge in [0, 0.05) is 45.0 Å². The molecule has 0 radical (unpaired) electrons. The first-order chi connectivity index (χ1) is 40.1. The van der Waals surface area contributed by atoms with E-state index < -0.39 is 45.1 Å². The first kappa shape index (κ1) is 37.3. The van der Waals surface area contributed by atoms with Gasteiger partial charge in [0.05, 0.1) is 34.6 Å². The van der Waals surface area contributed by atoms with Gasteiger partial charge in [-0.2, -0.15) is 0 Å². The number of aryl methyl sites for hydroxylation is 1. The van der Waals surface area contributed by atoms with Crippen LogP contribution in [-0.2, 0) is 0 Å². The van der Waals surface area contributed by atoms with Crippen LogP contribution in [0.5, 0.6) is 11.5 Å². The summed E-state index contributed by atoms with van der Waals surface area (Å²) < 4.78 is 80.8. The summed E-state index contributed by atoms with van der Waals surface area (Å²) in [5, 5.41) is 4.28. The number of hydrogen-bond acceptors (Lipinski definition) is 3. The highest BCUT2D eigenvalue weighted by Crippen LogP contribution is 2.38. The number of hydrogen-bond donors (Lipinski definition) is 0. The fraction of sp³-hybridized carbons (Fsp3) is 0.0441. The molecule has 4 aromatic heterocycles. The second-order valence-corrected chi connectivity index (χ2v) is 23.4. The van der Waals surface area contributed by atoms with Crippen LogP contribution in [-0.4, -0.2) is 27.2 Å². The first-order valence-electron chi connectivity index (χ1n) is 28.8. The van der Waals surface area contributed by atoms with Gasteiger partial charge in [0.2, 0.25) is 0 Å². The predicted octanol–water partition coefficient (Wildman–Crippen LogP) is 15.2. The molecule has 358 valence electrons. The predicted molar refractivity (Wildman–Crippen MR) is 310 cm³/mol. The largest absolute Gasteiger partial charge is 0.458 e. The molecule has 6 nitrogen and oxygen atoms in total. The van der Waals surface area contributed by atoms with Crippen LogP contribution in [0.4, 0.5) is 0 Å². The molecule has 0 spiro atoms. The minimum atomic E-state index is -2.75. The van der Waals surface area contributed by atoms with Gasteiger partial charge in [-0.1, -0.05) is 200 Å². The van der Waals surface area contributed by atoms with E-state index in [9.17, 15) is 0 Å². The molecular formula is C68H51N5OSi. The number of nitrogens with zero attached hydrogens (tertiary/aromatic N) is 5. The van der Waals surface area contributed by atoms with Crippen molar-refractivity contribution in [3.8, 4) is 73.3 Å². The van der Waals surface area contributed by atoms with Crippen molar-refractivity contribution < 1.29 is 20.3 Å². The van der Waals surface area contributed by atoms with Crippen molar-refractivity contribution in [3.05, 3.63) is 267 Å². The van der Waals surface area contributed by atoms with Crippen LogP contribution in [0.1, 0.15) is 16.5 Å². The van der Waals surface area contributed by atoms with Crippen molar-refractivity contribution in [2.45, 2.75) is 19.9 Å². The van der Waals surface area contributed by atoms with Crippen LogP contribution in [0.25, 0.3) is 94.7 Å². The zero-order valence-corrected chi connectivity index (χ0v) is 42.0. The molecule has 4 heterocycles. The van der Waals surface area contributed by atoms with Gasteiger partial charge >= 0.3 is 0 Å². The lowest BCUT2D eigenvalue weighted by molar-refractivity contribution is -0.570. The van der Waals surface area contributed by atoms with Crippen molar-refractivity contribution in [2.24, 2.45) is 0 Å². The summed E-state index contributed by atoms with van der Waals surface area (Å²) in [6.07, 6.45) is 6.83. The van der Waals surface area contributed by atoms with E-state index in [0.717, 1.165) is 66.4 Å². The molecule has 0 aliphatic carbocycles. The molecule has 13 aromatic rings. The van der Waals surface area contributed by atoms with E-state index >= 15 is 0 Å². The minimum Gasteiger partial charge on any atom is -0.458 e. The summed E-state index contributed by atoms with van der Waals surface area (Å²) in [5.41, 5.74) is 10.3. The third kappa shape index (κ3) is 8.29. The standard InChI is InChI=1S/C68H51N5OSi/c1-47-39-67(70-45-60(47)50-25-12-6-13-26-50)73-61-31-17-16-29-58(61)59-36-35-54(43-64(59)73)74-55-37-38-69-66(44-55)71-46-72(63-33-19-18-32-62(63)71)68-57(30-20-34-65(68)75(2,3)56-27-14-7-15-28-56)53-41-51(48-21-8-4-9-22-48)40-52(42-53)49-23-10-5-11-24-49/h4-45H,1-3H3/i1D3,6D,12D,13D,25D,26D. The minimum absolute atomic E-state index is 0.0733. The molecule has 0 aliphatic heterocycles. The van der Waals surface area contributed by atoms with Gasteiger partial charge in [0.15, 0.2) is 5.82 Å². The monoisotopic (exact) mass is 989 g/mol. The normalized spacial score (nSPS) is 13.4. The van der Waals surface area contributed by atoms with E-state index in [2.05, 4.69) is 157 Å². The number of pyridine rings is 2. The Hall–Kier alpha value is -9.43. The second kappa shape index (κ2) is 18.9. The van der Waals surface area contributed by atoms with Crippen LogP contribution in [0.3, 0.4) is 0 Å². The summed E-state index contributed by atoms with van der Waals surface area (Å²) >= 11 is 0. The van der Waals surface area contributed by atoms with E-state index in [4.69, 9.17) is 25.7 Å². The molecule has 0 unspecified atom stereocenters. The zero-order chi connectivity index (χ0) is 57.3. The number of rotatable bonds is 11. The zero-order valence-electron chi connectivity index (χ0n) is 49.0. The molecule has 7 heteroatoms. The van der Waals surface area contributed by atoms with Gasteiger partial charge < -0.3 is 4.74 Å². The number of para-hydroxylation sites is 4. The lowest BCUT2D eigenvalue weighted by Crippen LogP contribution is -2.57. The number of benzene rings is 9. The van der Waals surface area contributed by atoms with Gasteiger partial charge in [-0.25, -0.2) is 4.98 Å². The van der Waals surface area contributed by atoms with E-state index in [0.29, 0.717) is 22.8 Å². The Morgan fingerprint density at radius 2 is 1.17 bits per heavy atom. The van der Waals surface area contributed by atoms with Crippen LogP contribution in [0.15, 0.2) is 255 Å². The third-order valence-corrected chi connectivity index (χ3v) is 17.7. The van der Waals surface area contributed by atoms with Crippen LogP contribution < -0.4 is 19.7 Å². The van der Waals surface area contributed by atoms with Crippen LogP contribution >= 0.6 is 0 Å². The average molecular weight is 990 g/mol. The quantitative estimate of drug-likeness (QED) is 0.0737. The van der Waals surface area contributed by atoms with Crippen LogP contribution in [0.2, 0.25) is 13.1 Å². The van der Waals surface area contributed by atoms with Crippen molar-refractivity contribution in [2.75, 3.05) is 0 Å². The maximum atomic E-state index is 8.67. The average Bonchev–Trinajstić information content (AvgIpc) is 3.59. The molecule has 9 aromatic carbocycles. The summed E-state index contributed by atoms with van der Waals surface area (Å²) in [4.78, 5) is 9.70. The first-order valence-corrected chi connectivity index (χ1v) is 27.8. The van der Waals surface area contributed by atoms with Gasteiger partial charge in [0.1, 0.15) is 25.4 Å². The summed E-state index contributed by atoms with van der Waals surface area (Å²) in [6, 6.07) is 69.6. The Balaban J connectivity index is 0.939. The topological polar surface area (TPSA) is 48.8 Å². The Bertz CT molecular complexity index is 4590. The SMILES string of the molecule is [2H]c1c([2H])c([2H])c(-c2cnc(-n3c4ccccc4c4ccc(Oc5ccnc(-n6[c-][n+](-c7c(-c8cc(-c9ccccc9)cc(-c9ccccc9)c8)cccc7[Si](C)(C)c7ccccc7)c7ccccc76)c5)cc43)cc2C([2H])([2H])[2H])c([2H])c1[2H]. The fourth-order valence-electron chi connectivity index (χ4n) is 10.4.